The van der Waals surface area contributed by atoms with Crippen LogP contribution in [0.15, 0.2) is 63.6 Å². The van der Waals surface area contributed by atoms with E-state index >= 15 is 0 Å². The van der Waals surface area contributed by atoms with E-state index in [4.69, 9.17) is 4.52 Å². The van der Waals surface area contributed by atoms with Gasteiger partial charge in [0.1, 0.15) is 0 Å². The Morgan fingerprint density at radius 2 is 1.92 bits per heavy atom. The summed E-state index contributed by atoms with van der Waals surface area (Å²) in [5.41, 5.74) is 2.94. The van der Waals surface area contributed by atoms with Crippen LogP contribution in [0.1, 0.15) is 24.1 Å². The summed E-state index contributed by atoms with van der Waals surface area (Å²) in [5, 5.41) is 7.23. The lowest BCUT2D eigenvalue weighted by atomic mass is 10.00. The van der Waals surface area contributed by atoms with Gasteiger partial charge in [-0.2, -0.15) is 0 Å². The summed E-state index contributed by atoms with van der Waals surface area (Å²) in [4.78, 5) is 12.9. The van der Waals surface area contributed by atoms with E-state index < -0.39 is 5.41 Å². The molecule has 1 heterocycles. The molecule has 0 spiro atoms. The van der Waals surface area contributed by atoms with Crippen molar-refractivity contribution in [2.24, 2.45) is 0 Å². The van der Waals surface area contributed by atoms with Crippen LogP contribution < -0.4 is 5.32 Å². The number of amides is 1. The number of carbonyl (C=O) groups is 1. The normalized spacial score (nSPS) is 15.0. The molecule has 2 aromatic carbocycles. The minimum Gasteiger partial charge on any atom is -0.356 e. The second-order valence-electron chi connectivity index (χ2n) is 6.44. The molecule has 3 aromatic rings. The second kappa shape index (κ2) is 6.15. The van der Waals surface area contributed by atoms with Crippen molar-refractivity contribution < 1.29 is 9.32 Å². The number of aromatic nitrogens is 1. The van der Waals surface area contributed by atoms with Gasteiger partial charge in [0.2, 0.25) is 5.91 Å². The van der Waals surface area contributed by atoms with Crippen molar-refractivity contribution in [3.8, 4) is 11.3 Å². The van der Waals surface area contributed by atoms with Gasteiger partial charge < -0.3 is 9.84 Å². The molecule has 1 aromatic heterocycles. The highest BCUT2D eigenvalue weighted by Gasteiger charge is 2.53. The molecule has 25 heavy (non-hydrogen) atoms. The van der Waals surface area contributed by atoms with Gasteiger partial charge in [-0.25, -0.2) is 0 Å². The first-order valence-corrected chi connectivity index (χ1v) is 8.98. The van der Waals surface area contributed by atoms with E-state index in [1.807, 2.05) is 61.5 Å². The maximum absolute atomic E-state index is 12.9. The second-order valence-corrected chi connectivity index (χ2v) is 7.35. The highest BCUT2D eigenvalue weighted by molar-refractivity contribution is 9.10. The zero-order chi connectivity index (χ0) is 17.4. The van der Waals surface area contributed by atoms with Gasteiger partial charge in [-0.3, -0.25) is 4.79 Å². The Hall–Kier alpha value is -2.40. The van der Waals surface area contributed by atoms with Gasteiger partial charge in [0.15, 0.2) is 5.76 Å². The number of nitrogens with one attached hydrogen (secondary N) is 1. The number of carbonyl (C=O) groups excluding carboxylic acids is 1. The third-order valence-corrected chi connectivity index (χ3v) is 5.17. The molecule has 1 fully saturated rings. The Labute approximate surface area is 154 Å². The fraction of sp³-hybridized carbons (Fsp3) is 0.200. The number of aryl methyl sites for hydroxylation is 1. The first-order valence-electron chi connectivity index (χ1n) is 8.19. The average Bonchev–Trinajstić information content (AvgIpc) is 3.28. The Morgan fingerprint density at radius 3 is 2.60 bits per heavy atom. The third kappa shape index (κ3) is 3.00. The minimum absolute atomic E-state index is 0.0224. The van der Waals surface area contributed by atoms with E-state index in [1.165, 1.54) is 0 Å². The van der Waals surface area contributed by atoms with E-state index in [9.17, 15) is 4.79 Å². The maximum atomic E-state index is 12.9. The van der Waals surface area contributed by atoms with Gasteiger partial charge in [0, 0.05) is 21.8 Å². The lowest BCUT2D eigenvalue weighted by Crippen LogP contribution is -2.28. The molecule has 1 aliphatic rings. The topological polar surface area (TPSA) is 55.1 Å². The molecule has 0 bridgehead atoms. The zero-order valence-electron chi connectivity index (χ0n) is 13.8. The molecule has 1 N–H and O–H groups in total. The molecular weight excluding hydrogens is 380 g/mol. The summed E-state index contributed by atoms with van der Waals surface area (Å²) < 4.78 is 6.47. The Morgan fingerprint density at radius 1 is 1.16 bits per heavy atom. The van der Waals surface area contributed by atoms with Crippen molar-refractivity contribution in [2.45, 2.75) is 25.2 Å². The minimum atomic E-state index is -0.573. The third-order valence-electron chi connectivity index (χ3n) is 4.68. The number of nitrogens with zero attached hydrogens (tertiary/aromatic N) is 1. The molecule has 0 atom stereocenters. The smallest absolute Gasteiger partial charge is 0.236 e. The molecule has 4 rings (SSSR count). The van der Waals surface area contributed by atoms with Gasteiger partial charge in [-0.15, -0.1) is 0 Å². The number of anilines is 1. The van der Waals surface area contributed by atoms with Crippen molar-refractivity contribution in [1.29, 1.82) is 0 Å². The van der Waals surface area contributed by atoms with Crippen molar-refractivity contribution >= 4 is 27.5 Å². The van der Waals surface area contributed by atoms with E-state index in [2.05, 4.69) is 26.4 Å². The molecule has 1 saturated carbocycles. The maximum Gasteiger partial charge on any atom is 0.236 e. The summed E-state index contributed by atoms with van der Waals surface area (Å²) in [6, 6.07) is 17.5. The van der Waals surface area contributed by atoms with Crippen LogP contribution in [0, 0.1) is 6.92 Å². The lowest BCUT2D eigenvalue weighted by Gasteiger charge is -2.14. The van der Waals surface area contributed by atoms with Crippen LogP contribution in [0.25, 0.3) is 11.3 Å². The van der Waals surface area contributed by atoms with Crippen molar-refractivity contribution in [3.05, 3.63) is 70.3 Å². The average molecular weight is 397 g/mol. The SMILES string of the molecule is Cc1cc(Br)ccc1NC(=O)C1(c2cc(-c3ccccc3)on2)CC1. The number of hydrogen-bond donors (Lipinski definition) is 1. The van der Waals surface area contributed by atoms with Gasteiger partial charge >= 0.3 is 0 Å². The van der Waals surface area contributed by atoms with Crippen LogP contribution in [0.3, 0.4) is 0 Å². The summed E-state index contributed by atoms with van der Waals surface area (Å²) in [5.74, 6) is 0.667. The summed E-state index contributed by atoms with van der Waals surface area (Å²) >= 11 is 3.44. The van der Waals surface area contributed by atoms with Crippen molar-refractivity contribution in [3.63, 3.8) is 0 Å². The van der Waals surface area contributed by atoms with Gasteiger partial charge in [0.25, 0.3) is 0 Å². The van der Waals surface area contributed by atoms with Crippen molar-refractivity contribution in [2.75, 3.05) is 5.32 Å². The van der Waals surface area contributed by atoms with Crippen LogP contribution in [-0.2, 0) is 10.2 Å². The first kappa shape index (κ1) is 16.1. The Bertz CT molecular complexity index is 930. The van der Waals surface area contributed by atoms with Crippen LogP contribution in [0.2, 0.25) is 0 Å². The molecule has 5 heteroatoms. The van der Waals surface area contributed by atoms with Crippen molar-refractivity contribution in [1.82, 2.24) is 5.16 Å². The van der Waals surface area contributed by atoms with Crippen LogP contribution in [-0.4, -0.2) is 11.1 Å². The molecule has 4 nitrogen and oxygen atoms in total. The van der Waals surface area contributed by atoms with Gasteiger partial charge in [-0.1, -0.05) is 51.4 Å². The fourth-order valence-corrected chi connectivity index (χ4v) is 3.45. The van der Waals surface area contributed by atoms with E-state index in [1.54, 1.807) is 0 Å². The summed E-state index contributed by atoms with van der Waals surface area (Å²) in [6.07, 6.45) is 1.57. The largest absolute Gasteiger partial charge is 0.356 e. The highest BCUT2D eigenvalue weighted by atomic mass is 79.9. The molecule has 0 aliphatic heterocycles. The zero-order valence-corrected chi connectivity index (χ0v) is 15.3. The van der Waals surface area contributed by atoms with E-state index in [0.29, 0.717) is 11.5 Å². The predicted molar refractivity (Wildman–Crippen MR) is 100 cm³/mol. The molecule has 1 amide bonds. The monoisotopic (exact) mass is 396 g/mol. The standard InChI is InChI=1S/C20H17BrN2O2/c1-13-11-15(21)7-8-16(13)22-19(24)20(9-10-20)18-12-17(25-23-18)14-5-3-2-4-6-14/h2-8,11-12H,9-10H2,1H3,(H,22,24). The van der Waals surface area contributed by atoms with E-state index in [0.717, 1.165) is 34.1 Å². The number of benzene rings is 2. The number of rotatable bonds is 4. The number of halogens is 1. The van der Waals surface area contributed by atoms with E-state index in [-0.39, 0.29) is 5.91 Å². The Balaban J connectivity index is 1.58. The van der Waals surface area contributed by atoms with Gasteiger partial charge in [0.05, 0.1) is 11.1 Å². The molecular formula is C20H17BrN2O2. The molecule has 0 unspecified atom stereocenters. The first-order chi connectivity index (χ1) is 12.1. The fourth-order valence-electron chi connectivity index (χ4n) is 2.97. The lowest BCUT2D eigenvalue weighted by molar-refractivity contribution is -0.118. The molecule has 1 aliphatic carbocycles. The highest BCUT2D eigenvalue weighted by Crippen LogP contribution is 2.49. The molecule has 0 saturated heterocycles. The van der Waals surface area contributed by atoms with Crippen LogP contribution in [0.5, 0.6) is 0 Å². The van der Waals surface area contributed by atoms with Crippen LogP contribution >= 0.6 is 15.9 Å². The van der Waals surface area contributed by atoms with Crippen LogP contribution in [0.4, 0.5) is 5.69 Å². The quantitative estimate of drug-likeness (QED) is 0.668. The van der Waals surface area contributed by atoms with Gasteiger partial charge in [-0.05, 0) is 43.5 Å². The Kier molecular flexibility index (Phi) is 3.96. The predicted octanol–water partition coefficient (Wildman–Crippen LogP) is 5.08. The summed E-state index contributed by atoms with van der Waals surface area (Å²) in [7, 11) is 0. The summed E-state index contributed by atoms with van der Waals surface area (Å²) in [6.45, 7) is 1.98. The number of hydrogen-bond acceptors (Lipinski definition) is 3. The molecule has 0 radical (unpaired) electrons. The molecule has 126 valence electrons.